The second-order valence-corrected chi connectivity index (χ2v) is 7.61. The van der Waals surface area contributed by atoms with Crippen molar-refractivity contribution < 1.29 is 4.74 Å². The molecule has 0 amide bonds. The van der Waals surface area contributed by atoms with Gasteiger partial charge >= 0.3 is 5.69 Å². The Morgan fingerprint density at radius 3 is 2.75 bits per heavy atom. The Kier molecular flexibility index (Phi) is 3.60. The number of aromatic nitrogens is 3. The third kappa shape index (κ3) is 2.59. The molecule has 0 atom stereocenters. The summed E-state index contributed by atoms with van der Waals surface area (Å²) in [6.07, 6.45) is 5.78. The summed E-state index contributed by atoms with van der Waals surface area (Å²) < 4.78 is 7.24. The molecule has 1 saturated carbocycles. The number of pyridine rings is 1. The predicted molar refractivity (Wildman–Crippen MR) is 91.3 cm³/mol. The van der Waals surface area contributed by atoms with Gasteiger partial charge in [-0.25, -0.2) is 9.78 Å². The number of rotatable bonds is 1. The molecule has 0 unspecified atom stereocenters. The lowest BCUT2D eigenvalue weighted by Crippen LogP contribution is -2.39. The van der Waals surface area contributed by atoms with Gasteiger partial charge in [0.1, 0.15) is 5.65 Å². The van der Waals surface area contributed by atoms with Crippen LogP contribution in [0.4, 0.5) is 0 Å². The summed E-state index contributed by atoms with van der Waals surface area (Å²) >= 11 is 0. The summed E-state index contributed by atoms with van der Waals surface area (Å²) in [4.78, 5) is 32.8. The monoisotopic (exact) mass is 329 g/mol. The molecule has 0 spiro atoms. The number of fused-ring (bicyclic) bond motifs is 2. The minimum atomic E-state index is -0.335. The second kappa shape index (κ2) is 5.55. The number of nitrogens with zero attached hydrogens (tertiary/aromatic N) is 2. The van der Waals surface area contributed by atoms with Gasteiger partial charge in [-0.15, -0.1) is 0 Å². The Morgan fingerprint density at radius 1 is 1.25 bits per heavy atom. The molecule has 24 heavy (non-hydrogen) atoms. The Labute approximate surface area is 139 Å². The fraction of sp³-hybridized carbons (Fsp3) is 0.611. The maximum absolute atomic E-state index is 12.9. The summed E-state index contributed by atoms with van der Waals surface area (Å²) in [5, 5.41) is 0.488. The van der Waals surface area contributed by atoms with Crippen molar-refractivity contribution in [1.29, 1.82) is 0 Å². The number of ether oxygens (including phenoxy) is 1. The number of hydrogen-bond acceptors (Lipinski definition) is 4. The topological polar surface area (TPSA) is 77.0 Å². The third-order valence-electron chi connectivity index (χ3n) is 5.24. The van der Waals surface area contributed by atoms with Crippen LogP contribution in [-0.4, -0.2) is 20.1 Å². The summed E-state index contributed by atoms with van der Waals surface area (Å²) in [6.45, 7) is 4.49. The van der Waals surface area contributed by atoms with Gasteiger partial charge < -0.3 is 4.74 Å². The highest BCUT2D eigenvalue weighted by Crippen LogP contribution is 2.28. The van der Waals surface area contributed by atoms with Crippen LogP contribution in [0.1, 0.15) is 63.3 Å². The van der Waals surface area contributed by atoms with Crippen LogP contribution in [0.5, 0.6) is 0 Å². The fourth-order valence-electron chi connectivity index (χ4n) is 3.91. The van der Waals surface area contributed by atoms with Crippen molar-refractivity contribution in [1.82, 2.24) is 14.5 Å². The smallest absolute Gasteiger partial charge is 0.330 e. The highest BCUT2D eigenvalue weighted by atomic mass is 16.5. The van der Waals surface area contributed by atoms with Gasteiger partial charge in [-0.2, -0.15) is 0 Å². The normalized spacial score (nSPS) is 20.9. The van der Waals surface area contributed by atoms with E-state index in [0.717, 1.165) is 36.9 Å². The van der Waals surface area contributed by atoms with Crippen molar-refractivity contribution in [3.05, 3.63) is 38.2 Å². The van der Waals surface area contributed by atoms with E-state index in [4.69, 9.17) is 4.74 Å². The van der Waals surface area contributed by atoms with Crippen LogP contribution in [0.25, 0.3) is 11.0 Å². The molecule has 0 radical (unpaired) electrons. The molecule has 6 nitrogen and oxygen atoms in total. The van der Waals surface area contributed by atoms with E-state index in [1.54, 1.807) is 0 Å². The van der Waals surface area contributed by atoms with Crippen LogP contribution in [-0.2, 0) is 17.8 Å². The van der Waals surface area contributed by atoms with Crippen LogP contribution in [0, 0.1) is 0 Å². The van der Waals surface area contributed by atoms with Crippen LogP contribution < -0.4 is 11.2 Å². The largest absolute Gasteiger partial charge is 0.370 e. The van der Waals surface area contributed by atoms with Gasteiger partial charge in [0.15, 0.2) is 0 Å². The molecule has 2 aromatic heterocycles. The van der Waals surface area contributed by atoms with Gasteiger partial charge in [0, 0.05) is 18.0 Å². The molecule has 2 aliphatic rings. The molecule has 1 aliphatic heterocycles. The van der Waals surface area contributed by atoms with Gasteiger partial charge in [-0.05, 0) is 32.8 Å². The zero-order valence-electron chi connectivity index (χ0n) is 14.2. The zero-order chi connectivity index (χ0) is 16.9. The minimum Gasteiger partial charge on any atom is -0.370 e. The van der Waals surface area contributed by atoms with Gasteiger partial charge in [-0.1, -0.05) is 19.3 Å². The first-order chi connectivity index (χ1) is 11.4. The molecule has 0 saturated heterocycles. The molecule has 1 N–H and O–H groups in total. The zero-order valence-corrected chi connectivity index (χ0v) is 14.2. The molecule has 3 heterocycles. The second-order valence-electron chi connectivity index (χ2n) is 7.61. The molecule has 128 valence electrons. The molecule has 4 rings (SSSR count). The Hall–Kier alpha value is -1.95. The summed E-state index contributed by atoms with van der Waals surface area (Å²) in [5.41, 5.74) is 1.42. The lowest BCUT2D eigenvalue weighted by molar-refractivity contribution is -0.0411. The van der Waals surface area contributed by atoms with Crippen molar-refractivity contribution in [2.45, 2.75) is 70.6 Å². The average Bonchev–Trinajstić information content (AvgIpc) is 2.54. The Balaban J connectivity index is 1.87. The van der Waals surface area contributed by atoms with Crippen LogP contribution in [0.3, 0.4) is 0 Å². The van der Waals surface area contributed by atoms with E-state index in [1.165, 1.54) is 11.0 Å². The van der Waals surface area contributed by atoms with E-state index < -0.39 is 0 Å². The molecule has 1 aliphatic carbocycles. The number of nitrogens with one attached hydrogen (secondary N) is 1. The highest BCUT2D eigenvalue weighted by molar-refractivity contribution is 5.74. The maximum Gasteiger partial charge on any atom is 0.330 e. The molecule has 6 heteroatoms. The predicted octanol–water partition coefficient (Wildman–Crippen LogP) is 2.44. The average molecular weight is 329 g/mol. The molecule has 1 fully saturated rings. The van der Waals surface area contributed by atoms with Gasteiger partial charge in [0.05, 0.1) is 23.3 Å². The van der Waals surface area contributed by atoms with E-state index >= 15 is 0 Å². The van der Waals surface area contributed by atoms with Crippen LogP contribution >= 0.6 is 0 Å². The molecular weight excluding hydrogens is 306 g/mol. The molecule has 0 aromatic carbocycles. The van der Waals surface area contributed by atoms with Crippen molar-refractivity contribution >= 4 is 11.0 Å². The first-order valence-corrected chi connectivity index (χ1v) is 8.76. The maximum atomic E-state index is 12.9. The molecular formula is C18H23N3O3. The van der Waals surface area contributed by atoms with Crippen molar-refractivity contribution in [3.8, 4) is 0 Å². The van der Waals surface area contributed by atoms with Crippen LogP contribution in [0.15, 0.2) is 15.7 Å². The number of H-pyrrole nitrogens is 1. The Bertz CT molecular complexity index is 904. The number of hydrogen-bond donors (Lipinski definition) is 1. The van der Waals surface area contributed by atoms with Gasteiger partial charge in [0.2, 0.25) is 0 Å². The van der Waals surface area contributed by atoms with Crippen molar-refractivity contribution in [3.63, 3.8) is 0 Å². The van der Waals surface area contributed by atoms with Crippen LogP contribution in [0.2, 0.25) is 0 Å². The summed E-state index contributed by atoms with van der Waals surface area (Å²) in [6, 6.07) is 1.86. The summed E-state index contributed by atoms with van der Waals surface area (Å²) in [5.74, 6) is 0. The van der Waals surface area contributed by atoms with E-state index in [0.29, 0.717) is 24.1 Å². The van der Waals surface area contributed by atoms with Crippen molar-refractivity contribution in [2.24, 2.45) is 0 Å². The number of aromatic amines is 1. The first kappa shape index (κ1) is 15.6. The third-order valence-corrected chi connectivity index (χ3v) is 5.24. The Morgan fingerprint density at radius 2 is 2.00 bits per heavy atom. The quantitative estimate of drug-likeness (QED) is 0.872. The minimum absolute atomic E-state index is 0.00520. The van der Waals surface area contributed by atoms with E-state index in [1.807, 2.05) is 19.9 Å². The van der Waals surface area contributed by atoms with Crippen molar-refractivity contribution in [2.75, 3.05) is 0 Å². The lowest BCUT2D eigenvalue weighted by atomic mass is 9.94. The first-order valence-electron chi connectivity index (χ1n) is 8.76. The lowest BCUT2D eigenvalue weighted by Gasteiger charge is -2.31. The van der Waals surface area contributed by atoms with Gasteiger partial charge in [-0.3, -0.25) is 14.3 Å². The van der Waals surface area contributed by atoms with E-state index in [-0.39, 0.29) is 22.9 Å². The summed E-state index contributed by atoms with van der Waals surface area (Å²) in [7, 11) is 0. The fourth-order valence-corrected chi connectivity index (χ4v) is 3.91. The van der Waals surface area contributed by atoms with E-state index in [2.05, 4.69) is 9.97 Å². The molecule has 0 bridgehead atoms. The van der Waals surface area contributed by atoms with E-state index in [9.17, 15) is 9.59 Å². The highest BCUT2D eigenvalue weighted by Gasteiger charge is 2.28. The standard InChI is InChI=1S/C18H23N3O3/c1-18(2)9-14-11(10-24-18)8-13-15(19-14)20-17(23)21(16(13)22)12-6-4-3-5-7-12/h8,12H,3-7,9-10H2,1-2H3,(H,19,20,23). The van der Waals surface area contributed by atoms with Gasteiger partial charge in [0.25, 0.3) is 5.56 Å². The SMILES string of the molecule is CC1(C)Cc2nc3[nH]c(=O)n(C4CCCCC4)c(=O)c3cc2CO1. The molecule has 2 aromatic rings.